The van der Waals surface area contributed by atoms with Crippen molar-refractivity contribution in [3.8, 4) is 0 Å². The summed E-state index contributed by atoms with van der Waals surface area (Å²) in [5.74, 6) is 0.708. The van der Waals surface area contributed by atoms with Gasteiger partial charge in [-0.1, -0.05) is 0 Å². The van der Waals surface area contributed by atoms with E-state index in [2.05, 4.69) is 56.5 Å². The molecule has 3 rings (SSSR count). The molecule has 2 aliphatic carbocycles. The van der Waals surface area contributed by atoms with Gasteiger partial charge in [-0.3, -0.25) is 0 Å². The molecule has 0 radical (unpaired) electrons. The van der Waals surface area contributed by atoms with Gasteiger partial charge in [-0.05, 0) is 0 Å². The molecule has 2 aliphatic rings. The van der Waals surface area contributed by atoms with Gasteiger partial charge in [-0.2, -0.15) is 0 Å². The van der Waals surface area contributed by atoms with Crippen molar-refractivity contribution in [3.63, 3.8) is 0 Å². The second-order valence-electron chi connectivity index (χ2n) is 7.17. The van der Waals surface area contributed by atoms with Gasteiger partial charge in [0.1, 0.15) is 0 Å². The van der Waals surface area contributed by atoms with Crippen molar-refractivity contribution >= 4 is 5.57 Å². The zero-order valence-electron chi connectivity index (χ0n) is 14.6. The van der Waals surface area contributed by atoms with E-state index in [9.17, 15) is 0 Å². The Morgan fingerprint density at radius 3 is 2.61 bits per heavy atom. The fourth-order valence-corrected chi connectivity index (χ4v) is 10.2. The average molecular weight is 338 g/mol. The summed E-state index contributed by atoms with van der Waals surface area (Å²) >= 11 is -1.42. The van der Waals surface area contributed by atoms with Gasteiger partial charge < -0.3 is 0 Å². The van der Waals surface area contributed by atoms with Crippen molar-refractivity contribution in [2.45, 2.75) is 57.0 Å². The first-order chi connectivity index (χ1) is 11.3. The first kappa shape index (κ1) is 17.1. The number of fused-ring (bicyclic) bond motifs is 2. The standard InChI is InChI=1S/C16H19.2C3H5.Sc/c1-2-7-12-13-8-3-5-10-15(13)16-11-6-4-9-14(12)16;2*1-3-2;/h3,5,8-10,12H,2,4,6-7,11H2,1H3;2*3H,1-2H2;. The van der Waals surface area contributed by atoms with E-state index in [0.29, 0.717) is 5.92 Å². The predicted molar refractivity (Wildman–Crippen MR) is 98.6 cm³/mol. The number of allylic oxidation sites excluding steroid dienone is 4. The monoisotopic (exact) mass is 338 g/mol. The molecule has 1 aromatic carbocycles. The van der Waals surface area contributed by atoms with Crippen LogP contribution in [0.1, 0.15) is 56.1 Å². The van der Waals surface area contributed by atoms with Crippen molar-refractivity contribution in [3.05, 3.63) is 66.3 Å². The molecule has 2 atom stereocenters. The first-order valence-electron chi connectivity index (χ1n) is 9.35. The molecule has 1 aromatic rings. The quantitative estimate of drug-likeness (QED) is 0.464. The Hall–Kier alpha value is -0.690. The maximum atomic E-state index is 4.05. The molecule has 0 fully saturated rings. The third-order valence-electron chi connectivity index (χ3n) is 5.81. The van der Waals surface area contributed by atoms with Gasteiger partial charge in [0.2, 0.25) is 0 Å². The summed E-state index contributed by atoms with van der Waals surface area (Å²) in [6.07, 6.45) is 11.1. The molecule has 0 N–H and O–H groups in total. The van der Waals surface area contributed by atoms with Crippen LogP contribution in [-0.2, 0) is 21.4 Å². The molecule has 0 aromatic heterocycles. The van der Waals surface area contributed by atoms with E-state index >= 15 is 0 Å². The molecule has 0 nitrogen and oxygen atoms in total. The van der Waals surface area contributed by atoms with Crippen LogP contribution in [0.3, 0.4) is 0 Å². The SMILES string of the molecule is C=C[CH2][Sc]([CH2]C=C)[CH]1CCCC2=C1C(CCC)c1ccccc12. The van der Waals surface area contributed by atoms with Crippen LogP contribution in [0.2, 0.25) is 12.0 Å². The van der Waals surface area contributed by atoms with Gasteiger partial charge in [0.15, 0.2) is 0 Å². The van der Waals surface area contributed by atoms with E-state index in [1.807, 2.05) is 5.57 Å². The summed E-state index contributed by atoms with van der Waals surface area (Å²) in [7, 11) is 0. The Bertz CT molecular complexity index is 600. The molecule has 23 heavy (non-hydrogen) atoms. The van der Waals surface area contributed by atoms with Crippen molar-refractivity contribution in [1.29, 1.82) is 0 Å². The topological polar surface area (TPSA) is 0 Å². The Morgan fingerprint density at radius 1 is 1.17 bits per heavy atom. The molecule has 0 saturated carbocycles. The molecular formula is C22H29Sc. The molecule has 0 heterocycles. The third-order valence-corrected chi connectivity index (χ3v) is 11.6. The molecule has 1 heteroatoms. The summed E-state index contributed by atoms with van der Waals surface area (Å²) in [5, 5.41) is 0. The van der Waals surface area contributed by atoms with E-state index < -0.39 is 21.4 Å². The summed E-state index contributed by atoms with van der Waals surface area (Å²) in [6, 6.07) is 9.24. The number of hydrogen-bond donors (Lipinski definition) is 0. The Labute approximate surface area is 149 Å². The Balaban J connectivity index is 2.03. The average Bonchev–Trinajstić information content (AvgIpc) is 2.90. The van der Waals surface area contributed by atoms with E-state index in [1.54, 1.807) is 16.7 Å². The van der Waals surface area contributed by atoms with E-state index in [4.69, 9.17) is 0 Å². The van der Waals surface area contributed by atoms with Gasteiger partial charge in [0.25, 0.3) is 0 Å². The van der Waals surface area contributed by atoms with Crippen LogP contribution in [0.5, 0.6) is 0 Å². The van der Waals surface area contributed by atoms with Crippen molar-refractivity contribution in [1.82, 2.24) is 0 Å². The minimum atomic E-state index is -1.42. The van der Waals surface area contributed by atoms with Gasteiger partial charge in [0.05, 0.1) is 0 Å². The molecular weight excluding hydrogens is 309 g/mol. The summed E-state index contributed by atoms with van der Waals surface area (Å²) < 4.78 is 3.51. The van der Waals surface area contributed by atoms with E-state index in [-0.39, 0.29) is 0 Å². The van der Waals surface area contributed by atoms with Crippen LogP contribution in [0.25, 0.3) is 5.57 Å². The summed E-state index contributed by atoms with van der Waals surface area (Å²) in [5.41, 5.74) is 6.82. The predicted octanol–water partition coefficient (Wildman–Crippen LogP) is 7.14. The molecule has 0 saturated heterocycles. The van der Waals surface area contributed by atoms with E-state index in [1.165, 1.54) is 40.5 Å². The van der Waals surface area contributed by atoms with Crippen molar-refractivity contribution < 1.29 is 21.4 Å². The maximum absolute atomic E-state index is 4.05. The molecule has 0 bridgehead atoms. The van der Waals surface area contributed by atoms with Crippen LogP contribution < -0.4 is 0 Å². The van der Waals surface area contributed by atoms with Crippen LogP contribution in [0.4, 0.5) is 0 Å². The van der Waals surface area contributed by atoms with Crippen LogP contribution in [0, 0.1) is 0 Å². The third kappa shape index (κ3) is 3.27. The van der Waals surface area contributed by atoms with Crippen molar-refractivity contribution in [2.24, 2.45) is 0 Å². The second-order valence-corrected chi connectivity index (χ2v) is 12.3. The first-order valence-corrected chi connectivity index (χ1v) is 12.9. The van der Waals surface area contributed by atoms with Crippen molar-refractivity contribution in [2.75, 3.05) is 0 Å². The zero-order valence-corrected chi connectivity index (χ0v) is 16.4. The molecule has 2 unspecified atom stereocenters. The van der Waals surface area contributed by atoms with Gasteiger partial charge in [-0.15, -0.1) is 0 Å². The number of hydrogen-bond acceptors (Lipinski definition) is 0. The fraction of sp³-hybridized carbons (Fsp3) is 0.455. The van der Waals surface area contributed by atoms with Crippen LogP contribution in [0.15, 0.2) is 55.1 Å². The van der Waals surface area contributed by atoms with Gasteiger partial charge >= 0.3 is 150 Å². The van der Waals surface area contributed by atoms with Crippen LogP contribution in [-0.4, -0.2) is 0 Å². The molecule has 120 valence electrons. The zero-order chi connectivity index (χ0) is 16.2. The van der Waals surface area contributed by atoms with Gasteiger partial charge in [-0.25, -0.2) is 0 Å². The minimum absolute atomic E-state index is 0.708. The molecule has 0 amide bonds. The Morgan fingerprint density at radius 2 is 1.91 bits per heavy atom. The molecule has 0 spiro atoms. The number of rotatable bonds is 7. The Kier molecular flexibility index (Phi) is 5.91. The normalized spacial score (nSPS) is 22.5. The van der Waals surface area contributed by atoms with Gasteiger partial charge in [0, 0.05) is 0 Å². The summed E-state index contributed by atoms with van der Waals surface area (Å²) in [6.45, 7) is 10.4. The second kappa shape index (κ2) is 7.92. The van der Waals surface area contributed by atoms with Crippen LogP contribution >= 0.6 is 0 Å². The fourth-order valence-electron chi connectivity index (χ4n) is 4.97. The molecule has 0 aliphatic heterocycles. The number of benzene rings is 1. The van der Waals surface area contributed by atoms with E-state index in [0.717, 1.165) is 3.67 Å². The summed E-state index contributed by atoms with van der Waals surface area (Å²) in [4.78, 5) is 0.